The Morgan fingerprint density at radius 1 is 1.70 bits per heavy atom. The molecule has 0 bridgehead atoms. The van der Waals surface area contributed by atoms with E-state index in [1.54, 1.807) is 0 Å². The van der Waals surface area contributed by atoms with Crippen molar-refractivity contribution in [1.29, 1.82) is 0 Å². The van der Waals surface area contributed by atoms with Crippen LogP contribution in [0.3, 0.4) is 0 Å². The zero-order valence-electron chi connectivity index (χ0n) is 6.20. The maximum atomic E-state index is 10.2. The van der Waals surface area contributed by atoms with Crippen molar-refractivity contribution < 1.29 is 9.90 Å². The van der Waals surface area contributed by atoms with Gasteiger partial charge < -0.3 is 0 Å². The normalized spacial score (nSPS) is 13.6. The first-order valence-electron chi connectivity index (χ1n) is 3.14. The monoisotopic (exact) mass is 211 g/mol. The molecule has 3 nitrogen and oxygen atoms in total. The van der Waals surface area contributed by atoms with Gasteiger partial charge in [0.25, 0.3) is 0 Å². The van der Waals surface area contributed by atoms with Crippen LogP contribution in [0.4, 0.5) is 0 Å². The Hall–Kier alpha value is -0.0505. The number of carboxylic acids is 1. The van der Waals surface area contributed by atoms with Crippen molar-refractivity contribution in [2.24, 2.45) is 5.73 Å². The van der Waals surface area contributed by atoms with Crippen LogP contribution in [-0.4, -0.2) is 32.1 Å². The Balaban J connectivity index is 3.40. The van der Waals surface area contributed by atoms with Gasteiger partial charge in [-0.05, 0) is 0 Å². The molecule has 0 saturated heterocycles. The molecule has 0 fully saturated rings. The van der Waals surface area contributed by atoms with E-state index in [0.29, 0.717) is 25.1 Å². The van der Waals surface area contributed by atoms with Crippen molar-refractivity contribution in [2.45, 2.75) is 30.0 Å². The van der Waals surface area contributed by atoms with Gasteiger partial charge in [-0.1, -0.05) is 0 Å². The topological polar surface area (TPSA) is 63.3 Å². The molecule has 10 heavy (non-hydrogen) atoms. The average Bonchev–Trinajstić information content (AvgIpc) is 1.82. The van der Waals surface area contributed by atoms with Crippen LogP contribution in [0, 0.1) is 0 Å². The summed E-state index contributed by atoms with van der Waals surface area (Å²) in [5.74, 6) is -0.887. The zero-order valence-corrected chi connectivity index (χ0v) is 7.92. The number of hydrogen-bond donors (Lipinski definition) is 2. The first-order valence-corrected chi connectivity index (χ1v) is 5.34. The van der Waals surface area contributed by atoms with Crippen LogP contribution in [0.15, 0.2) is 0 Å². The predicted octanol–water partition coefficient (Wildman–Crippen LogP) is 0.349. The van der Waals surface area contributed by atoms with Crippen LogP contribution < -0.4 is 5.73 Å². The second-order valence-corrected chi connectivity index (χ2v) is 5.70. The Labute approximate surface area is 67.1 Å². The predicted molar refractivity (Wildman–Crippen MR) is 41.3 cm³/mol. The molecule has 0 aromatic carbocycles. The van der Waals surface area contributed by atoms with Gasteiger partial charge in [0.05, 0.1) is 0 Å². The van der Waals surface area contributed by atoms with E-state index in [2.05, 4.69) is 13.8 Å². The van der Waals surface area contributed by atoms with E-state index in [1.807, 2.05) is 0 Å². The number of carbonyl (C=O) groups is 1. The molecule has 0 amide bonds. The van der Waals surface area contributed by atoms with Crippen molar-refractivity contribution in [2.75, 3.05) is 0 Å². The molecular formula is C6H13NO2Se. The van der Waals surface area contributed by atoms with Crippen molar-refractivity contribution in [3.63, 3.8) is 0 Å². The fourth-order valence-electron chi connectivity index (χ4n) is 0.367. The van der Waals surface area contributed by atoms with Gasteiger partial charge in [0, 0.05) is 0 Å². The summed E-state index contributed by atoms with van der Waals surface area (Å²) >= 11 is 0.373. The minimum absolute atomic E-state index is 0.373. The average molecular weight is 210 g/mol. The molecule has 0 aliphatic heterocycles. The molecule has 0 saturated carbocycles. The van der Waals surface area contributed by atoms with Crippen LogP contribution >= 0.6 is 0 Å². The van der Waals surface area contributed by atoms with Gasteiger partial charge in [-0.15, -0.1) is 0 Å². The van der Waals surface area contributed by atoms with Gasteiger partial charge in [-0.25, -0.2) is 0 Å². The number of aliphatic carboxylic acids is 1. The van der Waals surface area contributed by atoms with Gasteiger partial charge in [0.15, 0.2) is 0 Å². The van der Waals surface area contributed by atoms with Gasteiger partial charge in [0.1, 0.15) is 0 Å². The van der Waals surface area contributed by atoms with Gasteiger partial charge in [0.2, 0.25) is 0 Å². The molecule has 3 N–H and O–H groups in total. The number of hydrogen-bond acceptors (Lipinski definition) is 2. The molecule has 0 aromatic rings. The van der Waals surface area contributed by atoms with Crippen LogP contribution in [-0.2, 0) is 4.79 Å². The molecule has 0 aliphatic carbocycles. The van der Waals surface area contributed by atoms with E-state index in [9.17, 15) is 4.79 Å². The summed E-state index contributed by atoms with van der Waals surface area (Å²) in [6.45, 7) is 4.16. The third-order valence-corrected chi connectivity index (χ3v) is 3.48. The number of nitrogens with two attached hydrogens (primary N) is 1. The quantitative estimate of drug-likeness (QED) is 0.658. The SMILES string of the molecule is CC(C)[Se]CC(N)C(=O)O. The van der Waals surface area contributed by atoms with Crippen molar-refractivity contribution in [3.8, 4) is 0 Å². The molecule has 0 heterocycles. The molecule has 4 heteroatoms. The number of carboxylic acid groups (broad SMARTS) is 1. The Kier molecular flexibility index (Phi) is 4.69. The molecule has 1 atom stereocenters. The third kappa shape index (κ3) is 4.79. The van der Waals surface area contributed by atoms with E-state index >= 15 is 0 Å². The van der Waals surface area contributed by atoms with Gasteiger partial charge >= 0.3 is 66.6 Å². The molecular weight excluding hydrogens is 197 g/mol. The molecule has 1 unspecified atom stereocenters. The minimum atomic E-state index is -0.887. The van der Waals surface area contributed by atoms with Crippen LogP contribution in [0.1, 0.15) is 13.8 Å². The maximum absolute atomic E-state index is 10.2. The van der Waals surface area contributed by atoms with Crippen LogP contribution in [0.25, 0.3) is 0 Å². The molecule has 60 valence electrons. The Bertz CT molecular complexity index is 116. The summed E-state index contributed by atoms with van der Waals surface area (Å²) in [4.78, 5) is 10.8. The van der Waals surface area contributed by atoms with Crippen LogP contribution in [0.2, 0.25) is 10.1 Å². The van der Waals surface area contributed by atoms with E-state index in [0.717, 1.165) is 0 Å². The summed E-state index contributed by atoms with van der Waals surface area (Å²) < 4.78 is 0. The van der Waals surface area contributed by atoms with E-state index < -0.39 is 12.0 Å². The fraction of sp³-hybridized carbons (Fsp3) is 0.833. The first-order chi connectivity index (χ1) is 4.54. The fourth-order valence-corrected chi connectivity index (χ4v) is 1.91. The summed E-state index contributed by atoms with van der Waals surface area (Å²) in [5, 5.41) is 9.02. The standard InChI is InChI=1S/C6H13NO2Se/c1-4(2)10-3-5(7)6(8)9/h4-5H,3,7H2,1-2H3,(H,8,9). The van der Waals surface area contributed by atoms with Crippen molar-refractivity contribution >= 4 is 20.9 Å². The van der Waals surface area contributed by atoms with Gasteiger partial charge in [-0.2, -0.15) is 0 Å². The van der Waals surface area contributed by atoms with Crippen molar-refractivity contribution in [3.05, 3.63) is 0 Å². The molecule has 0 aromatic heterocycles. The van der Waals surface area contributed by atoms with Gasteiger partial charge in [-0.3, -0.25) is 0 Å². The van der Waals surface area contributed by atoms with E-state index in [1.165, 1.54) is 0 Å². The van der Waals surface area contributed by atoms with Crippen molar-refractivity contribution in [1.82, 2.24) is 0 Å². The second-order valence-electron chi connectivity index (χ2n) is 2.33. The van der Waals surface area contributed by atoms with Crippen LogP contribution in [0.5, 0.6) is 0 Å². The zero-order chi connectivity index (χ0) is 8.15. The summed E-state index contributed by atoms with van der Waals surface area (Å²) in [6, 6.07) is -0.651. The summed E-state index contributed by atoms with van der Waals surface area (Å²) in [5.41, 5.74) is 5.28. The molecule has 0 rings (SSSR count). The summed E-state index contributed by atoms with van der Waals surface area (Å²) in [6.07, 6.45) is 0. The summed E-state index contributed by atoms with van der Waals surface area (Å²) in [7, 11) is 0. The molecule has 0 spiro atoms. The molecule has 0 aliphatic rings. The number of rotatable bonds is 4. The first kappa shape index (κ1) is 9.95. The molecule has 0 radical (unpaired) electrons. The Morgan fingerprint density at radius 2 is 2.20 bits per heavy atom. The second kappa shape index (κ2) is 4.72. The van der Waals surface area contributed by atoms with E-state index in [4.69, 9.17) is 10.8 Å². The third-order valence-electron chi connectivity index (χ3n) is 0.926. The van der Waals surface area contributed by atoms with E-state index in [-0.39, 0.29) is 0 Å². The Morgan fingerprint density at radius 3 is 2.50 bits per heavy atom.